The Bertz CT molecular complexity index is 675. The lowest BCUT2D eigenvalue weighted by Gasteiger charge is -2.05. The minimum absolute atomic E-state index is 0.787. The smallest absolute Gasteiger partial charge is 0.156 e. The van der Waals surface area contributed by atoms with Crippen molar-refractivity contribution in [1.29, 1.82) is 0 Å². The Morgan fingerprint density at radius 1 is 0.737 bits per heavy atom. The van der Waals surface area contributed by atoms with Crippen molar-refractivity contribution in [2.75, 3.05) is 0 Å². The molecule has 0 amide bonds. The Morgan fingerprint density at radius 2 is 1.21 bits per heavy atom. The third-order valence-electron chi connectivity index (χ3n) is 2.33. The summed E-state index contributed by atoms with van der Waals surface area (Å²) in [5.74, 6) is 1.57. The largest absolute Gasteiger partial charge is 0.221 e. The van der Waals surface area contributed by atoms with Crippen LogP contribution in [0.2, 0.25) is 0 Å². The molecule has 3 aromatic heterocycles. The minimum Gasteiger partial charge on any atom is -0.221 e. The molecule has 0 spiro atoms. The molecule has 0 atom stereocenters. The second-order valence-electron chi connectivity index (χ2n) is 3.71. The summed E-state index contributed by atoms with van der Waals surface area (Å²) < 4.78 is 6.78. The van der Waals surface area contributed by atoms with E-state index in [0.717, 1.165) is 22.3 Å². The number of aromatic nitrogens is 5. The average molecular weight is 589 g/mol. The van der Waals surface area contributed by atoms with Gasteiger partial charge in [-0.2, -0.15) is 10.2 Å². The maximum absolute atomic E-state index is 4.59. The molecule has 0 aliphatic heterocycles. The van der Waals surface area contributed by atoms with E-state index in [1.165, 1.54) is 0 Å². The van der Waals surface area contributed by atoms with Crippen LogP contribution in [0.3, 0.4) is 0 Å². The minimum atomic E-state index is 0.787. The van der Waals surface area contributed by atoms with Crippen LogP contribution in [0.4, 0.5) is 0 Å². The highest BCUT2D eigenvalue weighted by Gasteiger charge is 2.07. The highest BCUT2D eigenvalue weighted by Crippen LogP contribution is 2.16. The molecule has 0 radical (unpaired) electrons. The van der Waals surface area contributed by atoms with Gasteiger partial charge in [0.15, 0.2) is 11.6 Å². The van der Waals surface area contributed by atoms with Crippen molar-refractivity contribution in [1.82, 2.24) is 24.5 Å². The summed E-state index contributed by atoms with van der Waals surface area (Å²) >= 11 is 6.73. The summed E-state index contributed by atoms with van der Waals surface area (Å²) in [6.45, 7) is 0. The highest BCUT2D eigenvalue weighted by molar-refractivity contribution is 14.1. The van der Waals surface area contributed by atoms with Gasteiger partial charge < -0.3 is 0 Å². The molecule has 0 saturated heterocycles. The first-order valence-electron chi connectivity index (χ1n) is 5.20. The molecule has 0 fully saturated rings. The lowest BCUT2D eigenvalue weighted by molar-refractivity contribution is 0.801. The van der Waals surface area contributed by atoms with Crippen LogP contribution >= 0.6 is 67.8 Å². The summed E-state index contributed by atoms with van der Waals surface area (Å²) in [6.07, 6.45) is 7.49. The van der Waals surface area contributed by atoms with Gasteiger partial charge in [0, 0.05) is 16.0 Å². The first-order valence-corrected chi connectivity index (χ1v) is 8.44. The number of pyridine rings is 1. The zero-order valence-corrected chi connectivity index (χ0v) is 15.8. The van der Waals surface area contributed by atoms with Crippen molar-refractivity contribution in [3.63, 3.8) is 0 Å². The third-order valence-corrected chi connectivity index (χ3v) is 4.07. The first kappa shape index (κ1) is 13.7. The standard InChI is InChI=1S/C11H6I3N5/c12-7-1-10(18-5-8(13)3-15-18)17-11(2-7)19-6-9(14)4-16-19/h1-6H. The lowest BCUT2D eigenvalue weighted by atomic mass is 10.4. The van der Waals surface area contributed by atoms with Gasteiger partial charge in [-0.25, -0.2) is 14.3 Å². The van der Waals surface area contributed by atoms with E-state index in [0.29, 0.717) is 0 Å². The molecule has 5 nitrogen and oxygen atoms in total. The van der Waals surface area contributed by atoms with Gasteiger partial charge in [0.25, 0.3) is 0 Å². The van der Waals surface area contributed by atoms with E-state index in [1.807, 2.05) is 24.5 Å². The molecule has 19 heavy (non-hydrogen) atoms. The Morgan fingerprint density at radius 3 is 1.58 bits per heavy atom. The summed E-state index contributed by atoms with van der Waals surface area (Å²) in [5.41, 5.74) is 0. The number of hydrogen-bond donors (Lipinski definition) is 0. The molecule has 0 aromatic carbocycles. The van der Waals surface area contributed by atoms with Crippen LogP contribution in [0, 0.1) is 10.7 Å². The maximum atomic E-state index is 4.59. The summed E-state index contributed by atoms with van der Waals surface area (Å²) in [6, 6.07) is 3.98. The van der Waals surface area contributed by atoms with Gasteiger partial charge in [0.1, 0.15) is 0 Å². The Balaban J connectivity index is 2.10. The fourth-order valence-electron chi connectivity index (χ4n) is 1.56. The molecule has 0 unspecified atom stereocenters. The van der Waals surface area contributed by atoms with E-state index in [4.69, 9.17) is 0 Å². The van der Waals surface area contributed by atoms with Gasteiger partial charge in [-0.1, -0.05) is 0 Å². The summed E-state index contributed by atoms with van der Waals surface area (Å²) in [4.78, 5) is 4.59. The average Bonchev–Trinajstić information content (AvgIpc) is 2.97. The number of nitrogens with zero attached hydrogens (tertiary/aromatic N) is 5. The summed E-state index contributed by atoms with van der Waals surface area (Å²) in [5, 5.41) is 8.56. The van der Waals surface area contributed by atoms with Crippen molar-refractivity contribution in [2.24, 2.45) is 0 Å². The molecular formula is C11H6I3N5. The molecule has 3 heterocycles. The molecule has 0 N–H and O–H groups in total. The summed E-state index contributed by atoms with van der Waals surface area (Å²) in [7, 11) is 0. The first-order chi connectivity index (χ1) is 9.11. The molecule has 0 aliphatic rings. The van der Waals surface area contributed by atoms with Gasteiger partial charge in [-0.3, -0.25) is 0 Å². The van der Waals surface area contributed by atoms with Crippen LogP contribution in [0.5, 0.6) is 0 Å². The van der Waals surface area contributed by atoms with Crippen LogP contribution in [-0.2, 0) is 0 Å². The van der Waals surface area contributed by atoms with Gasteiger partial charge >= 0.3 is 0 Å². The van der Waals surface area contributed by atoms with E-state index in [9.17, 15) is 0 Å². The zero-order valence-electron chi connectivity index (χ0n) is 9.33. The quantitative estimate of drug-likeness (QED) is 0.432. The van der Waals surface area contributed by atoms with Crippen LogP contribution in [0.25, 0.3) is 11.6 Å². The number of rotatable bonds is 2. The monoisotopic (exact) mass is 589 g/mol. The van der Waals surface area contributed by atoms with E-state index in [1.54, 1.807) is 21.8 Å². The van der Waals surface area contributed by atoms with Crippen LogP contribution in [0.15, 0.2) is 36.9 Å². The molecule has 3 aromatic rings. The van der Waals surface area contributed by atoms with Crippen molar-refractivity contribution < 1.29 is 0 Å². The molecule has 8 heteroatoms. The Kier molecular flexibility index (Phi) is 4.07. The van der Waals surface area contributed by atoms with Gasteiger partial charge in [0.2, 0.25) is 0 Å². The van der Waals surface area contributed by atoms with Crippen LogP contribution in [-0.4, -0.2) is 24.5 Å². The van der Waals surface area contributed by atoms with Crippen molar-refractivity contribution >= 4 is 67.8 Å². The normalized spacial score (nSPS) is 10.9. The van der Waals surface area contributed by atoms with Crippen LogP contribution in [0.1, 0.15) is 0 Å². The fraction of sp³-hybridized carbons (Fsp3) is 0. The predicted octanol–water partition coefficient (Wildman–Crippen LogP) is 3.27. The number of halogens is 3. The Hall–Kier alpha value is -0.240. The number of hydrogen-bond acceptors (Lipinski definition) is 3. The predicted molar refractivity (Wildman–Crippen MR) is 96.6 cm³/mol. The van der Waals surface area contributed by atoms with E-state index in [2.05, 4.69) is 83.0 Å². The van der Waals surface area contributed by atoms with Gasteiger partial charge in [-0.15, -0.1) is 0 Å². The molecule has 0 saturated carbocycles. The molecule has 3 rings (SSSR count). The van der Waals surface area contributed by atoms with E-state index in [-0.39, 0.29) is 0 Å². The molecule has 0 aliphatic carbocycles. The van der Waals surface area contributed by atoms with E-state index >= 15 is 0 Å². The van der Waals surface area contributed by atoms with Gasteiger partial charge in [-0.05, 0) is 79.9 Å². The third kappa shape index (κ3) is 3.09. The highest BCUT2D eigenvalue weighted by atomic mass is 127. The zero-order chi connectivity index (χ0) is 13.4. The second-order valence-corrected chi connectivity index (χ2v) is 7.44. The maximum Gasteiger partial charge on any atom is 0.156 e. The lowest BCUT2D eigenvalue weighted by Crippen LogP contribution is -2.04. The van der Waals surface area contributed by atoms with Crippen molar-refractivity contribution in [3.05, 3.63) is 47.6 Å². The molecule has 96 valence electrons. The molecule has 0 bridgehead atoms. The SMILES string of the molecule is Ic1cc(-n2cc(I)cn2)nc(-n2cc(I)cn2)c1. The Labute approximate surface area is 150 Å². The van der Waals surface area contributed by atoms with Gasteiger partial charge in [0.05, 0.1) is 19.5 Å². The van der Waals surface area contributed by atoms with Crippen molar-refractivity contribution in [3.8, 4) is 11.6 Å². The second kappa shape index (κ2) is 5.63. The van der Waals surface area contributed by atoms with Crippen molar-refractivity contribution in [2.45, 2.75) is 0 Å². The fourth-order valence-corrected chi connectivity index (χ4v) is 2.89. The van der Waals surface area contributed by atoms with Crippen LogP contribution < -0.4 is 0 Å². The van der Waals surface area contributed by atoms with E-state index < -0.39 is 0 Å². The molecular weight excluding hydrogens is 583 g/mol. The topological polar surface area (TPSA) is 48.5 Å².